The van der Waals surface area contributed by atoms with Gasteiger partial charge in [0, 0.05) is 6.04 Å². The summed E-state index contributed by atoms with van der Waals surface area (Å²) < 4.78 is 0. The lowest BCUT2D eigenvalue weighted by Gasteiger charge is -2.13. The molecule has 0 aliphatic heterocycles. The zero-order valence-corrected chi connectivity index (χ0v) is 16.2. The van der Waals surface area contributed by atoms with E-state index in [-0.39, 0.29) is 12.1 Å². The highest BCUT2D eigenvalue weighted by Crippen LogP contribution is 2.14. The molecule has 2 heteroatoms. The van der Waals surface area contributed by atoms with Crippen molar-refractivity contribution in [3.63, 3.8) is 0 Å². The van der Waals surface area contributed by atoms with Gasteiger partial charge in [-0.2, -0.15) is 0 Å². The maximum atomic E-state index is 9.62. The Morgan fingerprint density at radius 1 is 0.609 bits per heavy atom. The molecule has 0 amide bonds. The predicted molar refractivity (Wildman–Crippen MR) is 104 cm³/mol. The fourth-order valence-electron chi connectivity index (χ4n) is 3.16. The largest absolute Gasteiger partial charge is 0.392 e. The molecule has 0 saturated carbocycles. The highest BCUT2D eigenvalue weighted by atomic mass is 16.3. The van der Waals surface area contributed by atoms with Gasteiger partial charge in [0.1, 0.15) is 0 Å². The number of rotatable bonds is 18. The topological polar surface area (TPSA) is 46.2 Å². The second kappa shape index (κ2) is 18.3. The fourth-order valence-corrected chi connectivity index (χ4v) is 3.16. The van der Waals surface area contributed by atoms with Gasteiger partial charge < -0.3 is 10.8 Å². The third-order valence-electron chi connectivity index (χ3n) is 4.96. The van der Waals surface area contributed by atoms with E-state index in [0.717, 1.165) is 12.8 Å². The minimum atomic E-state index is -0.304. The minimum Gasteiger partial charge on any atom is -0.392 e. The minimum absolute atomic E-state index is 0.0775. The molecule has 0 aromatic carbocycles. The molecule has 3 N–H and O–H groups in total. The van der Waals surface area contributed by atoms with E-state index in [4.69, 9.17) is 5.73 Å². The van der Waals surface area contributed by atoms with E-state index < -0.39 is 0 Å². The van der Waals surface area contributed by atoms with E-state index >= 15 is 0 Å². The molecule has 0 bridgehead atoms. The third kappa shape index (κ3) is 18.1. The van der Waals surface area contributed by atoms with Gasteiger partial charge in [0.2, 0.25) is 0 Å². The molecule has 0 aliphatic carbocycles. The molecule has 0 radical (unpaired) electrons. The van der Waals surface area contributed by atoms with Crippen LogP contribution < -0.4 is 5.73 Å². The summed E-state index contributed by atoms with van der Waals surface area (Å²) in [7, 11) is 0. The van der Waals surface area contributed by atoms with Gasteiger partial charge >= 0.3 is 0 Å². The summed E-state index contributed by atoms with van der Waals surface area (Å²) in [5.74, 6) is 0. The van der Waals surface area contributed by atoms with Crippen LogP contribution in [0.4, 0.5) is 0 Å². The van der Waals surface area contributed by atoms with Crippen molar-refractivity contribution in [1.82, 2.24) is 0 Å². The Labute approximate surface area is 146 Å². The summed E-state index contributed by atoms with van der Waals surface area (Å²) in [6.07, 6.45) is 22.8. The van der Waals surface area contributed by atoms with E-state index in [1.807, 2.05) is 6.92 Å². The van der Waals surface area contributed by atoms with Crippen LogP contribution in [0.1, 0.15) is 123 Å². The highest BCUT2D eigenvalue weighted by Gasteiger charge is 2.07. The van der Waals surface area contributed by atoms with Gasteiger partial charge in [-0.05, 0) is 13.3 Å². The van der Waals surface area contributed by atoms with Crippen LogP contribution in [0.3, 0.4) is 0 Å². The molecule has 0 aliphatic rings. The van der Waals surface area contributed by atoms with Crippen LogP contribution in [0, 0.1) is 0 Å². The van der Waals surface area contributed by atoms with Gasteiger partial charge in [0.25, 0.3) is 0 Å². The zero-order chi connectivity index (χ0) is 17.2. The molecule has 0 spiro atoms. The van der Waals surface area contributed by atoms with Gasteiger partial charge in [-0.25, -0.2) is 0 Å². The molecule has 0 saturated heterocycles. The van der Waals surface area contributed by atoms with Crippen molar-refractivity contribution in [3.8, 4) is 0 Å². The van der Waals surface area contributed by atoms with Gasteiger partial charge in [0.15, 0.2) is 0 Å². The maximum Gasteiger partial charge on any atom is 0.0688 e. The second-order valence-corrected chi connectivity index (χ2v) is 7.52. The molecule has 23 heavy (non-hydrogen) atoms. The highest BCUT2D eigenvalue weighted by molar-refractivity contribution is 4.65. The Hall–Kier alpha value is -0.0800. The van der Waals surface area contributed by atoms with Gasteiger partial charge in [0.05, 0.1) is 6.10 Å². The van der Waals surface area contributed by atoms with E-state index in [1.54, 1.807) is 0 Å². The van der Waals surface area contributed by atoms with Gasteiger partial charge in [-0.1, -0.05) is 110 Å². The molecule has 0 aromatic heterocycles. The summed E-state index contributed by atoms with van der Waals surface area (Å²) >= 11 is 0. The Kier molecular flexibility index (Phi) is 18.2. The van der Waals surface area contributed by atoms with Crippen LogP contribution in [0.2, 0.25) is 0 Å². The number of nitrogens with two attached hydrogens (primary N) is 1. The molecule has 140 valence electrons. The Bertz CT molecular complexity index is 218. The van der Waals surface area contributed by atoms with Gasteiger partial charge in [-0.3, -0.25) is 0 Å². The fraction of sp³-hybridized carbons (Fsp3) is 1.00. The van der Waals surface area contributed by atoms with Crippen LogP contribution in [0.5, 0.6) is 0 Å². The van der Waals surface area contributed by atoms with Crippen LogP contribution in [-0.4, -0.2) is 17.3 Å². The lowest BCUT2D eigenvalue weighted by Crippen LogP contribution is -2.31. The van der Waals surface area contributed by atoms with Crippen molar-refractivity contribution in [1.29, 1.82) is 0 Å². The van der Waals surface area contributed by atoms with Gasteiger partial charge in [-0.15, -0.1) is 0 Å². The summed E-state index contributed by atoms with van der Waals surface area (Å²) in [6.45, 7) is 4.17. The maximum absolute atomic E-state index is 9.62. The summed E-state index contributed by atoms with van der Waals surface area (Å²) in [6, 6.07) is -0.0775. The molecule has 0 rings (SSSR count). The van der Waals surface area contributed by atoms with Crippen LogP contribution in [0.15, 0.2) is 0 Å². The SMILES string of the molecule is CCCCCCCCCCCCCCCCCC[C@@H](O)[C@H](C)N. The van der Waals surface area contributed by atoms with Crippen molar-refractivity contribution >= 4 is 0 Å². The Morgan fingerprint density at radius 2 is 0.913 bits per heavy atom. The van der Waals surface area contributed by atoms with Crippen molar-refractivity contribution in [2.75, 3.05) is 0 Å². The number of unbranched alkanes of at least 4 members (excludes halogenated alkanes) is 15. The zero-order valence-electron chi connectivity index (χ0n) is 16.2. The first-order valence-electron chi connectivity index (χ1n) is 10.6. The van der Waals surface area contributed by atoms with E-state index in [0.29, 0.717) is 0 Å². The van der Waals surface area contributed by atoms with Crippen LogP contribution in [0.25, 0.3) is 0 Å². The first-order valence-corrected chi connectivity index (χ1v) is 10.6. The van der Waals surface area contributed by atoms with E-state index in [9.17, 15) is 5.11 Å². The number of hydrogen-bond donors (Lipinski definition) is 2. The third-order valence-corrected chi connectivity index (χ3v) is 4.96. The standard InChI is InChI=1S/C21H45NO/c1-3-4-5-6-7-8-9-10-11-12-13-14-15-16-17-18-19-21(23)20(2)22/h20-21,23H,3-19,22H2,1-2H3/t20-,21+/m0/s1. The molecular weight excluding hydrogens is 282 g/mol. The van der Waals surface area contributed by atoms with Crippen molar-refractivity contribution in [2.45, 2.75) is 135 Å². The van der Waals surface area contributed by atoms with E-state index in [2.05, 4.69) is 6.92 Å². The number of aliphatic hydroxyl groups excluding tert-OH is 1. The summed E-state index contributed by atoms with van der Waals surface area (Å²) in [4.78, 5) is 0. The average Bonchev–Trinajstić information content (AvgIpc) is 2.54. The first kappa shape index (κ1) is 22.9. The molecular formula is C21H45NO. The number of hydrogen-bond acceptors (Lipinski definition) is 2. The van der Waals surface area contributed by atoms with Crippen molar-refractivity contribution in [2.24, 2.45) is 5.73 Å². The molecule has 2 atom stereocenters. The quantitative estimate of drug-likeness (QED) is 0.288. The van der Waals surface area contributed by atoms with Crippen molar-refractivity contribution < 1.29 is 5.11 Å². The lowest BCUT2D eigenvalue weighted by molar-refractivity contribution is 0.138. The molecule has 0 heterocycles. The Morgan fingerprint density at radius 3 is 1.22 bits per heavy atom. The summed E-state index contributed by atoms with van der Waals surface area (Å²) in [5.41, 5.74) is 5.65. The molecule has 0 aromatic rings. The first-order chi connectivity index (χ1) is 11.2. The normalized spacial score (nSPS) is 14.1. The van der Waals surface area contributed by atoms with Crippen molar-refractivity contribution in [3.05, 3.63) is 0 Å². The van der Waals surface area contributed by atoms with E-state index in [1.165, 1.54) is 96.3 Å². The average molecular weight is 328 g/mol. The monoisotopic (exact) mass is 327 g/mol. The molecule has 0 unspecified atom stereocenters. The molecule has 0 fully saturated rings. The summed E-state index contributed by atoms with van der Waals surface area (Å²) in [5, 5.41) is 9.62. The second-order valence-electron chi connectivity index (χ2n) is 7.52. The Balaban J connectivity index is 3.03. The number of aliphatic hydroxyl groups is 1. The lowest BCUT2D eigenvalue weighted by atomic mass is 10.0. The van der Waals surface area contributed by atoms with Crippen LogP contribution in [-0.2, 0) is 0 Å². The molecule has 2 nitrogen and oxygen atoms in total. The smallest absolute Gasteiger partial charge is 0.0688 e. The predicted octanol–water partition coefficient (Wildman–Crippen LogP) is 6.35. The van der Waals surface area contributed by atoms with Crippen LogP contribution >= 0.6 is 0 Å².